The maximum Gasteiger partial charge on any atom is 0.471 e. The van der Waals surface area contributed by atoms with E-state index in [1.54, 1.807) is 53.2 Å². The first kappa shape index (κ1) is 24.6. The van der Waals surface area contributed by atoms with Crippen LogP contribution in [0.4, 0.5) is 17.6 Å². The molecule has 1 heterocycles. The van der Waals surface area contributed by atoms with Crippen molar-refractivity contribution in [2.45, 2.75) is 30.1 Å². The zero-order chi connectivity index (χ0) is 25.2. The fourth-order valence-corrected chi connectivity index (χ4v) is 4.05. The summed E-state index contributed by atoms with van der Waals surface area (Å²) in [6.45, 7) is 1.44. The Kier molecular flexibility index (Phi) is 7.02. The molecular weight excluding hydrogens is 482 g/mol. The smallest absolute Gasteiger partial charge is 0.466 e. The maximum absolute atomic E-state index is 13.4. The Morgan fingerprint density at radius 1 is 1.03 bits per heavy atom. The monoisotopic (exact) mass is 503 g/mol. The first-order chi connectivity index (χ1) is 16.7. The van der Waals surface area contributed by atoms with Gasteiger partial charge in [0.1, 0.15) is 11.9 Å². The summed E-state index contributed by atoms with van der Waals surface area (Å²) in [5.74, 6) is -2.29. The molecule has 3 aromatic carbocycles. The Bertz CT molecular complexity index is 1320. The molecule has 0 bridgehead atoms. The number of para-hydroxylation sites is 1. The van der Waals surface area contributed by atoms with Gasteiger partial charge < -0.3 is 10.1 Å². The lowest BCUT2D eigenvalue weighted by molar-refractivity contribution is -0.174. The number of benzene rings is 3. The second-order valence-corrected chi connectivity index (χ2v) is 8.66. The van der Waals surface area contributed by atoms with Crippen LogP contribution in [0.25, 0.3) is 16.6 Å². The summed E-state index contributed by atoms with van der Waals surface area (Å²) >= 11 is 1.52. The molecule has 5 nitrogen and oxygen atoms in total. The molecule has 0 saturated heterocycles. The van der Waals surface area contributed by atoms with Gasteiger partial charge in [-0.25, -0.2) is 9.07 Å². The number of ether oxygens (including phenoxy) is 1. The lowest BCUT2D eigenvalue weighted by Crippen LogP contribution is -2.45. The lowest BCUT2D eigenvalue weighted by atomic mass is 10.0. The van der Waals surface area contributed by atoms with Gasteiger partial charge in [-0.1, -0.05) is 24.3 Å². The molecule has 182 valence electrons. The van der Waals surface area contributed by atoms with Gasteiger partial charge in [0.05, 0.1) is 22.6 Å². The third-order valence-corrected chi connectivity index (χ3v) is 6.12. The molecule has 0 aliphatic heterocycles. The van der Waals surface area contributed by atoms with Crippen LogP contribution >= 0.6 is 11.8 Å². The van der Waals surface area contributed by atoms with Crippen molar-refractivity contribution >= 4 is 28.6 Å². The second kappa shape index (κ2) is 9.99. The van der Waals surface area contributed by atoms with E-state index in [0.29, 0.717) is 22.2 Å². The molecule has 1 aromatic heterocycles. The van der Waals surface area contributed by atoms with E-state index in [2.05, 4.69) is 5.10 Å². The number of alkyl halides is 3. The van der Waals surface area contributed by atoms with Gasteiger partial charge in [0.2, 0.25) is 5.88 Å². The van der Waals surface area contributed by atoms with Gasteiger partial charge in [-0.2, -0.15) is 13.2 Å². The van der Waals surface area contributed by atoms with E-state index < -0.39 is 30.0 Å². The number of carbonyl (C=O) groups is 1. The van der Waals surface area contributed by atoms with E-state index in [-0.39, 0.29) is 5.88 Å². The van der Waals surface area contributed by atoms with Gasteiger partial charge in [0.15, 0.2) is 0 Å². The molecular formula is C25H21F4N3O2S. The number of nitrogens with one attached hydrogen (secondary N) is 1. The van der Waals surface area contributed by atoms with Crippen molar-refractivity contribution in [3.63, 3.8) is 0 Å². The first-order valence-electron chi connectivity index (χ1n) is 10.6. The number of carbonyl (C=O) groups excluding carboxylic acids is 1. The lowest BCUT2D eigenvalue weighted by Gasteiger charge is -2.26. The van der Waals surface area contributed by atoms with E-state index in [1.165, 1.54) is 30.8 Å². The standard InChI is InChI=1S/C25H21F4N3O2S/c1-15(30-24(33)25(27,28)29)22(16-7-13-19(35-2)14-8-16)34-23-20-5-3-4-6-21(20)32(31-23)18-11-9-17(26)10-12-18/h3-15,22H,1-2H3,(H,30,33)/t15-,22-/m0/s1. The van der Waals surface area contributed by atoms with Crippen molar-refractivity contribution in [3.05, 3.63) is 84.2 Å². The van der Waals surface area contributed by atoms with Crippen LogP contribution in [0.3, 0.4) is 0 Å². The van der Waals surface area contributed by atoms with Crippen molar-refractivity contribution in [2.24, 2.45) is 0 Å². The summed E-state index contributed by atoms with van der Waals surface area (Å²) in [6, 6.07) is 19.0. The zero-order valence-corrected chi connectivity index (χ0v) is 19.5. The van der Waals surface area contributed by atoms with Crippen LogP contribution < -0.4 is 10.1 Å². The van der Waals surface area contributed by atoms with Gasteiger partial charge in [-0.15, -0.1) is 16.9 Å². The number of rotatable bonds is 7. The summed E-state index contributed by atoms with van der Waals surface area (Å²) in [5, 5.41) is 7.13. The van der Waals surface area contributed by atoms with E-state index in [0.717, 1.165) is 4.90 Å². The quantitative estimate of drug-likeness (QED) is 0.246. The van der Waals surface area contributed by atoms with E-state index in [1.807, 2.05) is 23.7 Å². The molecule has 0 aliphatic carbocycles. The molecule has 0 unspecified atom stereocenters. The number of hydrogen-bond acceptors (Lipinski definition) is 4. The van der Waals surface area contributed by atoms with Crippen LogP contribution in [0.15, 0.2) is 77.7 Å². The van der Waals surface area contributed by atoms with E-state index in [9.17, 15) is 22.4 Å². The molecule has 35 heavy (non-hydrogen) atoms. The third-order valence-electron chi connectivity index (χ3n) is 5.38. The van der Waals surface area contributed by atoms with Crippen LogP contribution in [-0.4, -0.2) is 34.2 Å². The minimum atomic E-state index is -5.03. The fraction of sp³-hybridized carbons (Fsp3) is 0.200. The van der Waals surface area contributed by atoms with E-state index >= 15 is 0 Å². The Morgan fingerprint density at radius 3 is 2.31 bits per heavy atom. The molecule has 0 fully saturated rings. The normalized spacial score (nSPS) is 13.4. The number of aromatic nitrogens is 2. The van der Waals surface area contributed by atoms with Crippen molar-refractivity contribution < 1.29 is 27.1 Å². The molecule has 4 rings (SSSR count). The Labute approximate surface area is 203 Å². The van der Waals surface area contributed by atoms with Crippen molar-refractivity contribution in [1.82, 2.24) is 15.1 Å². The summed E-state index contributed by atoms with van der Waals surface area (Å²) in [4.78, 5) is 12.6. The molecule has 1 amide bonds. The SMILES string of the molecule is CSc1ccc([C@@H](Oc2nn(-c3ccc(F)cc3)c3ccccc23)[C@H](C)NC(=O)C(F)(F)F)cc1. The highest BCUT2D eigenvalue weighted by Gasteiger charge is 2.40. The molecule has 0 aliphatic rings. The highest BCUT2D eigenvalue weighted by atomic mass is 32.2. The predicted molar refractivity (Wildman–Crippen MR) is 126 cm³/mol. The maximum atomic E-state index is 13.4. The minimum absolute atomic E-state index is 0.164. The number of nitrogens with zero attached hydrogens (tertiary/aromatic N) is 2. The highest BCUT2D eigenvalue weighted by molar-refractivity contribution is 7.98. The third kappa shape index (κ3) is 5.43. The number of thioether (sulfide) groups is 1. The molecule has 10 heteroatoms. The van der Waals surface area contributed by atoms with Crippen molar-refractivity contribution in [1.29, 1.82) is 0 Å². The Hall–Kier alpha value is -3.53. The van der Waals surface area contributed by atoms with E-state index in [4.69, 9.17) is 4.74 Å². The van der Waals surface area contributed by atoms with Gasteiger partial charge in [0, 0.05) is 4.90 Å². The first-order valence-corrected chi connectivity index (χ1v) is 11.8. The summed E-state index contributed by atoms with van der Waals surface area (Å²) in [7, 11) is 0. The van der Waals surface area contributed by atoms with Gasteiger partial charge in [-0.05, 0) is 67.3 Å². The Balaban J connectivity index is 1.75. The molecule has 0 radical (unpaired) electrons. The zero-order valence-electron chi connectivity index (χ0n) is 18.7. The highest BCUT2D eigenvalue weighted by Crippen LogP contribution is 2.33. The molecule has 1 N–H and O–H groups in total. The second-order valence-electron chi connectivity index (χ2n) is 7.78. The van der Waals surface area contributed by atoms with Crippen LogP contribution in [-0.2, 0) is 4.79 Å². The number of fused-ring (bicyclic) bond motifs is 1. The van der Waals surface area contributed by atoms with Crippen LogP contribution in [0.2, 0.25) is 0 Å². The summed E-state index contributed by atoms with van der Waals surface area (Å²) in [6.07, 6.45) is -4.10. The van der Waals surface area contributed by atoms with Crippen LogP contribution in [0.5, 0.6) is 5.88 Å². The molecule has 0 saturated carbocycles. The van der Waals surface area contributed by atoms with Crippen molar-refractivity contribution in [2.75, 3.05) is 6.26 Å². The van der Waals surface area contributed by atoms with Gasteiger partial charge in [0.25, 0.3) is 0 Å². The number of amides is 1. The number of hydrogen-bond donors (Lipinski definition) is 1. The average Bonchev–Trinajstić information content (AvgIpc) is 3.21. The van der Waals surface area contributed by atoms with Crippen LogP contribution in [0, 0.1) is 5.82 Å². The van der Waals surface area contributed by atoms with Crippen molar-refractivity contribution in [3.8, 4) is 11.6 Å². The number of halogens is 4. The van der Waals surface area contributed by atoms with Crippen LogP contribution in [0.1, 0.15) is 18.6 Å². The predicted octanol–water partition coefficient (Wildman–Crippen LogP) is 6.07. The van der Waals surface area contributed by atoms with Gasteiger partial charge >= 0.3 is 12.1 Å². The largest absolute Gasteiger partial charge is 0.471 e. The molecule has 4 aromatic rings. The summed E-state index contributed by atoms with van der Waals surface area (Å²) < 4.78 is 60.0. The summed E-state index contributed by atoms with van der Waals surface area (Å²) in [5.41, 5.74) is 1.81. The fourth-order valence-electron chi connectivity index (χ4n) is 3.64. The molecule has 0 spiro atoms. The molecule has 2 atom stereocenters. The topological polar surface area (TPSA) is 56.1 Å². The Morgan fingerprint density at radius 2 is 1.69 bits per heavy atom. The minimum Gasteiger partial charge on any atom is -0.466 e. The average molecular weight is 504 g/mol. The van der Waals surface area contributed by atoms with Gasteiger partial charge in [-0.3, -0.25) is 4.79 Å².